The summed E-state index contributed by atoms with van der Waals surface area (Å²) in [7, 11) is 0. The molecule has 33 heavy (non-hydrogen) atoms. The summed E-state index contributed by atoms with van der Waals surface area (Å²) in [6.45, 7) is 1.32. The Balaban J connectivity index is 1.20. The van der Waals surface area contributed by atoms with Crippen molar-refractivity contribution in [1.82, 2.24) is 0 Å². The summed E-state index contributed by atoms with van der Waals surface area (Å²) in [5.74, 6) is -1.16. The van der Waals surface area contributed by atoms with Gasteiger partial charge in [0.25, 0.3) is 5.91 Å². The first kappa shape index (κ1) is 21.6. The van der Waals surface area contributed by atoms with Crippen LogP contribution in [0.2, 0.25) is 5.02 Å². The molecule has 7 nitrogen and oxygen atoms in total. The molecular formula is C25H23ClN2O5. The van der Waals surface area contributed by atoms with E-state index in [1.807, 2.05) is 0 Å². The van der Waals surface area contributed by atoms with Gasteiger partial charge in [-0.05, 0) is 80.0 Å². The molecule has 2 aliphatic carbocycles. The molecule has 3 fully saturated rings. The molecule has 2 saturated carbocycles. The molecule has 2 aromatic rings. The number of carbonyl (C=O) groups excluding carboxylic acids is 4. The molecular weight excluding hydrogens is 444 g/mol. The van der Waals surface area contributed by atoms with Crippen molar-refractivity contribution in [3.8, 4) is 0 Å². The lowest BCUT2D eigenvalue weighted by Crippen LogP contribution is -2.32. The zero-order chi connectivity index (χ0) is 23.3. The van der Waals surface area contributed by atoms with Gasteiger partial charge in [0.15, 0.2) is 6.61 Å². The zero-order valence-corrected chi connectivity index (χ0v) is 18.8. The predicted octanol–water partition coefficient (Wildman–Crippen LogP) is 3.98. The number of ether oxygens (including phenoxy) is 1. The molecule has 2 bridgehead atoms. The minimum Gasteiger partial charge on any atom is -0.452 e. The number of hydrogen-bond donors (Lipinski definition) is 1. The van der Waals surface area contributed by atoms with Crippen molar-refractivity contribution in [2.45, 2.75) is 26.2 Å². The third kappa shape index (κ3) is 3.70. The van der Waals surface area contributed by atoms with Gasteiger partial charge in [-0.25, -0.2) is 4.79 Å². The van der Waals surface area contributed by atoms with Crippen LogP contribution in [0.15, 0.2) is 42.5 Å². The SMILES string of the molecule is Cc1c(Cl)cccc1NC(=O)COC(=O)c1ccc(N2C(=O)[C@@H]3[C@H]4CC[C@@H](C4)[C@@H]3C2=O)cc1. The highest BCUT2D eigenvalue weighted by Gasteiger charge is 2.61. The van der Waals surface area contributed by atoms with Gasteiger partial charge in [0.2, 0.25) is 11.8 Å². The molecule has 170 valence electrons. The van der Waals surface area contributed by atoms with Gasteiger partial charge < -0.3 is 10.1 Å². The van der Waals surface area contributed by atoms with Gasteiger partial charge in [0.05, 0.1) is 23.1 Å². The summed E-state index contributed by atoms with van der Waals surface area (Å²) < 4.78 is 5.11. The predicted molar refractivity (Wildman–Crippen MR) is 122 cm³/mol. The van der Waals surface area contributed by atoms with E-state index in [0.29, 0.717) is 28.2 Å². The highest BCUT2D eigenvalue weighted by Crippen LogP contribution is 2.56. The van der Waals surface area contributed by atoms with Crippen molar-refractivity contribution >= 4 is 46.7 Å². The fraction of sp³-hybridized carbons (Fsp3) is 0.360. The molecule has 3 amide bonds. The Morgan fingerprint density at radius 2 is 1.67 bits per heavy atom. The van der Waals surface area contributed by atoms with E-state index in [1.165, 1.54) is 17.0 Å². The first-order valence-electron chi connectivity index (χ1n) is 11.0. The van der Waals surface area contributed by atoms with E-state index in [-0.39, 0.29) is 29.2 Å². The number of rotatable bonds is 5. The van der Waals surface area contributed by atoms with Gasteiger partial charge in [-0.15, -0.1) is 0 Å². The summed E-state index contributed by atoms with van der Waals surface area (Å²) in [4.78, 5) is 51.7. The molecule has 0 aromatic heterocycles. The number of fused-ring (bicyclic) bond motifs is 5. The average Bonchev–Trinajstić information content (AvgIpc) is 3.49. The van der Waals surface area contributed by atoms with Crippen molar-refractivity contribution in [2.24, 2.45) is 23.7 Å². The van der Waals surface area contributed by atoms with E-state index >= 15 is 0 Å². The van der Waals surface area contributed by atoms with E-state index in [4.69, 9.17) is 16.3 Å². The monoisotopic (exact) mass is 466 g/mol. The second-order valence-electron chi connectivity index (χ2n) is 8.98. The number of halogens is 1. The van der Waals surface area contributed by atoms with Crippen LogP contribution in [0.1, 0.15) is 35.2 Å². The standard InChI is InChI=1S/C25H23ClN2O5/c1-13-18(26)3-2-4-19(13)27-20(29)12-33-25(32)14-7-9-17(10-8-14)28-23(30)21-15-5-6-16(11-15)22(21)24(28)31/h2-4,7-10,15-16,21-22H,5-6,11-12H2,1H3,(H,27,29)/t15-,16-,21-,22+/m0/s1. The Bertz CT molecular complexity index is 1130. The van der Waals surface area contributed by atoms with E-state index in [0.717, 1.165) is 24.8 Å². The number of imide groups is 1. The molecule has 0 spiro atoms. The number of anilines is 2. The largest absolute Gasteiger partial charge is 0.452 e. The lowest BCUT2D eigenvalue weighted by atomic mass is 9.81. The average molecular weight is 467 g/mol. The zero-order valence-electron chi connectivity index (χ0n) is 18.0. The molecule has 1 saturated heterocycles. The van der Waals surface area contributed by atoms with Crippen LogP contribution in [0, 0.1) is 30.6 Å². The smallest absolute Gasteiger partial charge is 0.338 e. The van der Waals surface area contributed by atoms with Crippen LogP contribution >= 0.6 is 11.6 Å². The summed E-state index contributed by atoms with van der Waals surface area (Å²) in [6, 6.07) is 11.3. The summed E-state index contributed by atoms with van der Waals surface area (Å²) in [5.41, 5.74) is 1.96. The van der Waals surface area contributed by atoms with Gasteiger partial charge in [-0.2, -0.15) is 0 Å². The number of nitrogens with one attached hydrogen (secondary N) is 1. The van der Waals surface area contributed by atoms with Crippen LogP contribution in [0.3, 0.4) is 0 Å². The first-order chi connectivity index (χ1) is 15.8. The van der Waals surface area contributed by atoms with Crippen molar-refractivity contribution in [2.75, 3.05) is 16.8 Å². The van der Waals surface area contributed by atoms with Crippen LogP contribution in [0.5, 0.6) is 0 Å². The second-order valence-corrected chi connectivity index (χ2v) is 9.39. The normalized spacial score (nSPS) is 25.3. The third-order valence-corrected chi connectivity index (χ3v) is 7.57. The van der Waals surface area contributed by atoms with Crippen LogP contribution < -0.4 is 10.2 Å². The number of esters is 1. The van der Waals surface area contributed by atoms with Crippen LogP contribution in [0.4, 0.5) is 11.4 Å². The maximum absolute atomic E-state index is 12.9. The van der Waals surface area contributed by atoms with Crippen LogP contribution in [-0.4, -0.2) is 30.3 Å². The van der Waals surface area contributed by atoms with E-state index in [9.17, 15) is 19.2 Å². The van der Waals surface area contributed by atoms with Crippen molar-refractivity contribution < 1.29 is 23.9 Å². The number of carbonyl (C=O) groups is 4. The maximum Gasteiger partial charge on any atom is 0.338 e. The van der Waals surface area contributed by atoms with Gasteiger partial charge in [0.1, 0.15) is 0 Å². The molecule has 0 radical (unpaired) electrons. The Morgan fingerprint density at radius 3 is 2.30 bits per heavy atom. The van der Waals surface area contributed by atoms with Gasteiger partial charge in [0, 0.05) is 10.7 Å². The summed E-state index contributed by atoms with van der Waals surface area (Å²) in [5, 5.41) is 3.19. The van der Waals surface area contributed by atoms with Crippen molar-refractivity contribution in [3.63, 3.8) is 0 Å². The van der Waals surface area contributed by atoms with E-state index < -0.39 is 18.5 Å². The molecule has 4 atom stereocenters. The van der Waals surface area contributed by atoms with Crippen LogP contribution in [0.25, 0.3) is 0 Å². The van der Waals surface area contributed by atoms with Crippen LogP contribution in [-0.2, 0) is 19.1 Å². The number of amides is 3. The molecule has 0 unspecified atom stereocenters. The molecule has 1 N–H and O–H groups in total. The van der Waals surface area contributed by atoms with Gasteiger partial charge in [-0.3, -0.25) is 19.3 Å². The fourth-order valence-electron chi connectivity index (χ4n) is 5.55. The molecule has 3 aliphatic rings. The Labute approximate surface area is 196 Å². The molecule has 8 heteroatoms. The Morgan fingerprint density at radius 1 is 1.03 bits per heavy atom. The van der Waals surface area contributed by atoms with Gasteiger partial charge in [-0.1, -0.05) is 17.7 Å². The van der Waals surface area contributed by atoms with E-state index in [1.54, 1.807) is 37.3 Å². The molecule has 1 heterocycles. The molecule has 1 aliphatic heterocycles. The Hall–Kier alpha value is -3.19. The molecule has 2 aromatic carbocycles. The van der Waals surface area contributed by atoms with Crippen molar-refractivity contribution in [3.05, 3.63) is 58.6 Å². The fourth-order valence-corrected chi connectivity index (χ4v) is 5.73. The summed E-state index contributed by atoms with van der Waals surface area (Å²) in [6.07, 6.45) is 3.03. The minimum atomic E-state index is -0.673. The highest BCUT2D eigenvalue weighted by atomic mass is 35.5. The minimum absolute atomic E-state index is 0.125. The highest BCUT2D eigenvalue weighted by molar-refractivity contribution is 6.31. The molecule has 5 rings (SSSR count). The van der Waals surface area contributed by atoms with Gasteiger partial charge >= 0.3 is 5.97 Å². The number of benzene rings is 2. The quantitative estimate of drug-likeness (QED) is 0.531. The number of nitrogens with zero attached hydrogens (tertiary/aromatic N) is 1. The Kier molecular flexibility index (Phi) is 5.44. The van der Waals surface area contributed by atoms with Crippen molar-refractivity contribution in [1.29, 1.82) is 0 Å². The van der Waals surface area contributed by atoms with E-state index in [2.05, 4.69) is 5.32 Å². The topological polar surface area (TPSA) is 92.8 Å². The third-order valence-electron chi connectivity index (χ3n) is 7.16. The first-order valence-corrected chi connectivity index (χ1v) is 11.4. The second kappa shape index (κ2) is 8.30. The number of hydrogen-bond acceptors (Lipinski definition) is 5. The lowest BCUT2D eigenvalue weighted by molar-refractivity contribution is -0.123. The lowest BCUT2D eigenvalue weighted by Gasteiger charge is -2.19. The summed E-state index contributed by atoms with van der Waals surface area (Å²) >= 11 is 6.05. The maximum atomic E-state index is 12.9.